The Labute approximate surface area is 145 Å². The normalized spacial score (nSPS) is 10.2. The van der Waals surface area contributed by atoms with E-state index in [1.807, 2.05) is 6.92 Å². The molecule has 0 amide bonds. The molecular weight excluding hydrogens is 326 g/mol. The Morgan fingerprint density at radius 3 is 2.28 bits per heavy atom. The van der Waals surface area contributed by atoms with Crippen molar-refractivity contribution in [2.75, 3.05) is 19.8 Å². The Morgan fingerprint density at radius 1 is 1.04 bits per heavy atom. The number of nitro groups is 1. The van der Waals surface area contributed by atoms with E-state index in [0.29, 0.717) is 17.9 Å². The SMILES string of the molecule is CCOc1ccc(OCCOC(=O)c2cccc(C)c2[N+](=O)[O-])cc1. The summed E-state index contributed by atoms with van der Waals surface area (Å²) >= 11 is 0. The smallest absolute Gasteiger partial charge is 0.345 e. The molecule has 0 heterocycles. The summed E-state index contributed by atoms with van der Waals surface area (Å²) in [5, 5.41) is 11.1. The Hall–Kier alpha value is -3.09. The number of ether oxygens (including phenoxy) is 3. The average molecular weight is 345 g/mol. The molecule has 2 rings (SSSR count). The number of nitro benzene ring substituents is 1. The fraction of sp³-hybridized carbons (Fsp3) is 0.278. The zero-order valence-electron chi connectivity index (χ0n) is 14.1. The number of benzene rings is 2. The lowest BCUT2D eigenvalue weighted by molar-refractivity contribution is -0.385. The van der Waals surface area contributed by atoms with Crippen molar-refractivity contribution in [1.29, 1.82) is 0 Å². The van der Waals surface area contributed by atoms with Crippen LogP contribution in [0, 0.1) is 17.0 Å². The molecule has 0 atom stereocenters. The maximum Gasteiger partial charge on any atom is 0.345 e. The van der Waals surface area contributed by atoms with Crippen molar-refractivity contribution in [2.24, 2.45) is 0 Å². The van der Waals surface area contributed by atoms with Gasteiger partial charge in [-0.05, 0) is 44.2 Å². The Balaban J connectivity index is 1.87. The van der Waals surface area contributed by atoms with E-state index in [9.17, 15) is 14.9 Å². The topological polar surface area (TPSA) is 87.9 Å². The Bertz CT molecular complexity index is 742. The van der Waals surface area contributed by atoms with Crippen molar-refractivity contribution in [3.05, 3.63) is 63.7 Å². The number of nitrogens with zero attached hydrogens (tertiary/aromatic N) is 1. The Morgan fingerprint density at radius 2 is 1.68 bits per heavy atom. The van der Waals surface area contributed by atoms with Crippen LogP contribution in [0.1, 0.15) is 22.8 Å². The van der Waals surface area contributed by atoms with Crippen molar-refractivity contribution in [2.45, 2.75) is 13.8 Å². The van der Waals surface area contributed by atoms with Crippen molar-refractivity contribution in [1.82, 2.24) is 0 Å². The van der Waals surface area contributed by atoms with Crippen LogP contribution >= 0.6 is 0 Å². The lowest BCUT2D eigenvalue weighted by Crippen LogP contribution is -2.14. The highest BCUT2D eigenvalue weighted by Gasteiger charge is 2.23. The highest BCUT2D eigenvalue weighted by atomic mass is 16.6. The molecular formula is C18H19NO6. The van der Waals surface area contributed by atoms with E-state index in [1.165, 1.54) is 6.07 Å². The van der Waals surface area contributed by atoms with Crippen LogP contribution in [0.15, 0.2) is 42.5 Å². The van der Waals surface area contributed by atoms with E-state index in [-0.39, 0.29) is 24.5 Å². The minimum atomic E-state index is -0.745. The van der Waals surface area contributed by atoms with E-state index in [0.717, 1.165) is 5.75 Å². The molecule has 2 aromatic carbocycles. The fourth-order valence-corrected chi connectivity index (χ4v) is 2.24. The van der Waals surface area contributed by atoms with Crippen molar-refractivity contribution in [3.63, 3.8) is 0 Å². The van der Waals surface area contributed by atoms with Gasteiger partial charge in [0.2, 0.25) is 0 Å². The maximum absolute atomic E-state index is 12.1. The largest absolute Gasteiger partial charge is 0.494 e. The molecule has 0 aliphatic carbocycles. The second-order valence-electron chi connectivity index (χ2n) is 5.12. The molecule has 0 aliphatic heterocycles. The van der Waals surface area contributed by atoms with E-state index < -0.39 is 10.9 Å². The number of hydrogen-bond acceptors (Lipinski definition) is 6. The van der Waals surface area contributed by atoms with Crippen molar-refractivity contribution < 1.29 is 23.9 Å². The first-order chi connectivity index (χ1) is 12.0. The zero-order chi connectivity index (χ0) is 18.2. The summed E-state index contributed by atoms with van der Waals surface area (Å²) in [7, 11) is 0. The summed E-state index contributed by atoms with van der Waals surface area (Å²) < 4.78 is 15.9. The molecule has 7 nitrogen and oxygen atoms in total. The molecule has 0 saturated heterocycles. The minimum absolute atomic E-state index is 0.0167. The van der Waals surface area contributed by atoms with Gasteiger partial charge in [0.25, 0.3) is 5.69 Å². The van der Waals surface area contributed by atoms with Gasteiger partial charge in [-0.3, -0.25) is 10.1 Å². The molecule has 0 unspecified atom stereocenters. The number of rotatable bonds is 8. The summed E-state index contributed by atoms with van der Waals surface area (Å²) in [6.45, 7) is 4.18. The van der Waals surface area contributed by atoms with Gasteiger partial charge in [-0.2, -0.15) is 0 Å². The first kappa shape index (κ1) is 18.3. The summed E-state index contributed by atoms with van der Waals surface area (Å²) in [6, 6.07) is 11.6. The lowest BCUT2D eigenvalue weighted by atomic mass is 10.1. The first-order valence-corrected chi connectivity index (χ1v) is 7.79. The minimum Gasteiger partial charge on any atom is -0.494 e. The van der Waals surface area contributed by atoms with Crippen LogP contribution < -0.4 is 9.47 Å². The number of aryl methyl sites for hydroxylation is 1. The molecule has 0 aromatic heterocycles. The predicted octanol–water partition coefficient (Wildman–Crippen LogP) is 3.54. The van der Waals surface area contributed by atoms with Gasteiger partial charge in [-0.15, -0.1) is 0 Å². The molecule has 0 fully saturated rings. The van der Waals surface area contributed by atoms with Crippen LogP contribution in [0.4, 0.5) is 5.69 Å². The average Bonchev–Trinajstić information content (AvgIpc) is 2.59. The number of carbonyl (C=O) groups excluding carboxylic acids is 1. The summed E-state index contributed by atoms with van der Waals surface area (Å²) in [6.07, 6.45) is 0. The van der Waals surface area contributed by atoms with Gasteiger partial charge in [0.1, 0.15) is 30.3 Å². The third kappa shape index (κ3) is 4.94. The van der Waals surface area contributed by atoms with Crippen LogP contribution in [0.3, 0.4) is 0 Å². The zero-order valence-corrected chi connectivity index (χ0v) is 14.1. The van der Waals surface area contributed by atoms with E-state index in [4.69, 9.17) is 14.2 Å². The standard InChI is InChI=1S/C18H19NO6/c1-3-23-14-7-9-15(10-8-14)24-11-12-25-18(20)16-6-4-5-13(2)17(16)19(21)22/h4-10H,3,11-12H2,1-2H3. The maximum atomic E-state index is 12.1. The van der Waals surface area contributed by atoms with Gasteiger partial charge < -0.3 is 14.2 Å². The number of hydrogen-bond donors (Lipinski definition) is 0. The first-order valence-electron chi connectivity index (χ1n) is 7.79. The quantitative estimate of drug-likeness (QED) is 0.315. The third-order valence-electron chi connectivity index (χ3n) is 3.36. The van der Waals surface area contributed by atoms with Gasteiger partial charge in [-0.1, -0.05) is 12.1 Å². The molecule has 0 aliphatic rings. The van der Waals surface area contributed by atoms with Crippen LogP contribution in [-0.4, -0.2) is 30.7 Å². The Kier molecular flexibility index (Phi) is 6.33. The van der Waals surface area contributed by atoms with Crippen LogP contribution in [0.25, 0.3) is 0 Å². The number of carbonyl (C=O) groups is 1. The summed E-state index contributed by atoms with van der Waals surface area (Å²) in [5.41, 5.74) is 0.107. The van der Waals surface area contributed by atoms with E-state index in [1.54, 1.807) is 43.3 Å². The molecule has 25 heavy (non-hydrogen) atoms. The second-order valence-corrected chi connectivity index (χ2v) is 5.12. The summed E-state index contributed by atoms with van der Waals surface area (Å²) in [5.74, 6) is 0.611. The highest BCUT2D eigenvalue weighted by molar-refractivity contribution is 5.94. The molecule has 132 valence electrons. The number of para-hydroxylation sites is 1. The van der Waals surface area contributed by atoms with Crippen LogP contribution in [-0.2, 0) is 4.74 Å². The van der Waals surface area contributed by atoms with Gasteiger partial charge in [0.05, 0.1) is 11.5 Å². The monoisotopic (exact) mass is 345 g/mol. The fourth-order valence-electron chi connectivity index (χ4n) is 2.24. The van der Waals surface area contributed by atoms with Gasteiger partial charge in [0, 0.05) is 5.56 Å². The van der Waals surface area contributed by atoms with Crippen LogP contribution in [0.2, 0.25) is 0 Å². The third-order valence-corrected chi connectivity index (χ3v) is 3.36. The molecule has 0 radical (unpaired) electrons. The van der Waals surface area contributed by atoms with E-state index >= 15 is 0 Å². The number of esters is 1. The van der Waals surface area contributed by atoms with Gasteiger partial charge in [-0.25, -0.2) is 4.79 Å². The van der Waals surface area contributed by atoms with Crippen molar-refractivity contribution in [3.8, 4) is 11.5 Å². The molecule has 0 bridgehead atoms. The van der Waals surface area contributed by atoms with E-state index in [2.05, 4.69) is 0 Å². The lowest BCUT2D eigenvalue weighted by Gasteiger charge is -2.09. The van der Waals surface area contributed by atoms with Crippen molar-refractivity contribution >= 4 is 11.7 Å². The van der Waals surface area contributed by atoms with Crippen LogP contribution in [0.5, 0.6) is 11.5 Å². The molecule has 0 saturated carbocycles. The molecule has 7 heteroatoms. The van der Waals surface area contributed by atoms with Gasteiger partial charge in [0.15, 0.2) is 0 Å². The highest BCUT2D eigenvalue weighted by Crippen LogP contribution is 2.23. The summed E-state index contributed by atoms with van der Waals surface area (Å²) in [4.78, 5) is 22.6. The van der Waals surface area contributed by atoms with Gasteiger partial charge >= 0.3 is 5.97 Å². The second kappa shape index (κ2) is 8.68. The molecule has 0 spiro atoms. The predicted molar refractivity (Wildman–Crippen MR) is 91.2 cm³/mol. The molecule has 0 N–H and O–H groups in total. The molecule has 2 aromatic rings.